The van der Waals surface area contributed by atoms with E-state index in [-0.39, 0.29) is 0 Å². The van der Waals surface area contributed by atoms with Gasteiger partial charge in [0.2, 0.25) is 5.95 Å². The molecular weight excluding hydrogens is 318 g/mol. The quantitative estimate of drug-likeness (QED) is 0.798. The van der Waals surface area contributed by atoms with Crippen molar-refractivity contribution in [2.75, 3.05) is 43.4 Å². The molecular formula is C14H24BrN5. The number of nitrogens with one attached hydrogen (secondary N) is 2. The van der Waals surface area contributed by atoms with Crippen molar-refractivity contribution in [2.45, 2.75) is 26.7 Å². The molecule has 1 aromatic heterocycles. The summed E-state index contributed by atoms with van der Waals surface area (Å²) in [7, 11) is 0. The lowest BCUT2D eigenvalue weighted by molar-refractivity contribution is 0.345. The van der Waals surface area contributed by atoms with Crippen molar-refractivity contribution in [3.63, 3.8) is 0 Å². The van der Waals surface area contributed by atoms with E-state index in [0.29, 0.717) is 11.9 Å². The van der Waals surface area contributed by atoms with Crippen molar-refractivity contribution in [1.29, 1.82) is 0 Å². The second kappa shape index (κ2) is 7.78. The Hall–Kier alpha value is -0.880. The second-order valence-corrected chi connectivity index (χ2v) is 6.10. The van der Waals surface area contributed by atoms with E-state index in [4.69, 9.17) is 0 Å². The van der Waals surface area contributed by atoms with Crippen molar-refractivity contribution in [2.24, 2.45) is 5.92 Å². The summed E-state index contributed by atoms with van der Waals surface area (Å²) in [5.41, 5.74) is 0. The van der Waals surface area contributed by atoms with Crippen LogP contribution in [-0.2, 0) is 0 Å². The normalized spacial score (nSPS) is 19.2. The largest absolute Gasteiger partial charge is 0.369 e. The van der Waals surface area contributed by atoms with Gasteiger partial charge in [-0.25, -0.2) is 4.98 Å². The summed E-state index contributed by atoms with van der Waals surface area (Å²) >= 11 is 3.51. The van der Waals surface area contributed by atoms with E-state index in [0.717, 1.165) is 36.3 Å². The summed E-state index contributed by atoms with van der Waals surface area (Å²) in [5.74, 6) is 2.29. The van der Waals surface area contributed by atoms with Gasteiger partial charge in [-0.3, -0.25) is 0 Å². The number of likely N-dealkylation sites (tertiary alicyclic amines) is 1. The zero-order valence-corrected chi connectivity index (χ0v) is 13.9. The topological polar surface area (TPSA) is 53.1 Å². The van der Waals surface area contributed by atoms with Crippen LogP contribution in [0.15, 0.2) is 10.7 Å². The van der Waals surface area contributed by atoms with Crippen LogP contribution in [0.4, 0.5) is 11.8 Å². The third-order valence-corrected chi connectivity index (χ3v) is 4.23. The lowest BCUT2D eigenvalue weighted by Gasteiger charge is -2.15. The molecule has 1 aliphatic heterocycles. The van der Waals surface area contributed by atoms with E-state index >= 15 is 0 Å². The molecule has 20 heavy (non-hydrogen) atoms. The molecule has 0 spiro atoms. The van der Waals surface area contributed by atoms with E-state index in [1.807, 2.05) is 0 Å². The van der Waals surface area contributed by atoms with Gasteiger partial charge in [0.25, 0.3) is 0 Å². The summed E-state index contributed by atoms with van der Waals surface area (Å²) in [6.45, 7) is 9.78. The fourth-order valence-electron chi connectivity index (χ4n) is 2.42. The average Bonchev–Trinajstić information content (AvgIpc) is 2.93. The lowest BCUT2D eigenvalue weighted by Crippen LogP contribution is -2.22. The van der Waals surface area contributed by atoms with E-state index < -0.39 is 0 Å². The highest BCUT2D eigenvalue weighted by atomic mass is 79.9. The maximum absolute atomic E-state index is 4.52. The van der Waals surface area contributed by atoms with Gasteiger partial charge in [-0.2, -0.15) is 4.98 Å². The number of halogens is 1. The Kier molecular flexibility index (Phi) is 6.04. The van der Waals surface area contributed by atoms with Gasteiger partial charge >= 0.3 is 0 Å². The van der Waals surface area contributed by atoms with Gasteiger partial charge in [0.1, 0.15) is 5.82 Å². The van der Waals surface area contributed by atoms with E-state index in [1.165, 1.54) is 19.5 Å². The third-order valence-electron chi connectivity index (χ3n) is 3.65. The Morgan fingerprint density at radius 2 is 2.25 bits per heavy atom. The van der Waals surface area contributed by atoms with Gasteiger partial charge in [-0.15, -0.1) is 0 Å². The molecule has 0 amide bonds. The Labute approximate surface area is 129 Å². The van der Waals surface area contributed by atoms with E-state index in [9.17, 15) is 0 Å². The molecule has 5 nitrogen and oxygen atoms in total. The molecule has 112 valence electrons. The Morgan fingerprint density at radius 1 is 1.40 bits per heavy atom. The highest BCUT2D eigenvalue weighted by Crippen LogP contribution is 2.22. The summed E-state index contributed by atoms with van der Waals surface area (Å²) in [4.78, 5) is 11.3. The molecule has 6 heteroatoms. The molecule has 1 saturated heterocycles. The maximum atomic E-state index is 4.52. The van der Waals surface area contributed by atoms with E-state index in [1.54, 1.807) is 6.20 Å². The molecule has 1 aliphatic rings. The first-order valence-electron chi connectivity index (χ1n) is 7.45. The molecule has 0 aromatic carbocycles. The number of rotatable bonds is 7. The Balaban J connectivity index is 1.88. The molecule has 2 heterocycles. The standard InChI is InChI=1S/C14H24BrN5/c1-3-6-16-14-18-9-12(15)13(19-14)17-8-11-5-7-20(4-2)10-11/h9,11H,3-8,10H2,1-2H3,(H2,16,17,18,19). The Morgan fingerprint density at radius 3 is 2.95 bits per heavy atom. The van der Waals surface area contributed by atoms with Crippen LogP contribution in [0.3, 0.4) is 0 Å². The van der Waals surface area contributed by atoms with Crippen LogP contribution in [0, 0.1) is 5.92 Å². The zero-order chi connectivity index (χ0) is 14.4. The minimum absolute atomic E-state index is 0.694. The molecule has 1 fully saturated rings. The highest BCUT2D eigenvalue weighted by molar-refractivity contribution is 9.10. The van der Waals surface area contributed by atoms with Crippen LogP contribution in [0.1, 0.15) is 26.7 Å². The number of hydrogen-bond donors (Lipinski definition) is 2. The van der Waals surface area contributed by atoms with Crippen LogP contribution >= 0.6 is 15.9 Å². The molecule has 0 aliphatic carbocycles. The smallest absolute Gasteiger partial charge is 0.224 e. The Bertz CT molecular complexity index is 426. The minimum atomic E-state index is 0.694. The summed E-state index contributed by atoms with van der Waals surface area (Å²) in [6, 6.07) is 0. The molecule has 2 N–H and O–H groups in total. The predicted octanol–water partition coefficient (Wildman–Crippen LogP) is 2.81. The van der Waals surface area contributed by atoms with Crippen LogP contribution in [0.5, 0.6) is 0 Å². The van der Waals surface area contributed by atoms with Crippen LogP contribution in [0.2, 0.25) is 0 Å². The van der Waals surface area contributed by atoms with Crippen molar-refractivity contribution in [3.05, 3.63) is 10.7 Å². The van der Waals surface area contributed by atoms with Gasteiger partial charge in [-0.05, 0) is 47.8 Å². The van der Waals surface area contributed by atoms with Crippen LogP contribution in [0.25, 0.3) is 0 Å². The molecule has 1 aromatic rings. The highest BCUT2D eigenvalue weighted by Gasteiger charge is 2.21. The molecule has 0 bridgehead atoms. The summed E-state index contributed by atoms with van der Waals surface area (Å²) in [5, 5.41) is 6.67. The van der Waals surface area contributed by atoms with E-state index in [2.05, 4.69) is 55.3 Å². The lowest BCUT2D eigenvalue weighted by atomic mass is 10.1. The second-order valence-electron chi connectivity index (χ2n) is 5.25. The first-order valence-corrected chi connectivity index (χ1v) is 8.24. The van der Waals surface area contributed by atoms with Gasteiger partial charge in [-0.1, -0.05) is 13.8 Å². The van der Waals surface area contributed by atoms with Crippen molar-refractivity contribution >= 4 is 27.7 Å². The number of hydrogen-bond acceptors (Lipinski definition) is 5. The molecule has 1 unspecified atom stereocenters. The zero-order valence-electron chi connectivity index (χ0n) is 12.3. The first-order chi connectivity index (χ1) is 9.72. The van der Waals surface area contributed by atoms with Gasteiger partial charge < -0.3 is 15.5 Å². The third kappa shape index (κ3) is 4.31. The molecule has 1 atom stereocenters. The number of aromatic nitrogens is 2. The predicted molar refractivity (Wildman–Crippen MR) is 87.2 cm³/mol. The van der Waals surface area contributed by atoms with Crippen molar-refractivity contribution < 1.29 is 0 Å². The van der Waals surface area contributed by atoms with Crippen LogP contribution < -0.4 is 10.6 Å². The SMILES string of the molecule is CCCNc1ncc(Br)c(NCC2CCN(CC)C2)n1. The maximum Gasteiger partial charge on any atom is 0.224 e. The van der Waals surface area contributed by atoms with Gasteiger partial charge in [0.15, 0.2) is 0 Å². The fourth-order valence-corrected chi connectivity index (χ4v) is 2.75. The minimum Gasteiger partial charge on any atom is -0.369 e. The fraction of sp³-hybridized carbons (Fsp3) is 0.714. The summed E-state index contributed by atoms with van der Waals surface area (Å²) in [6.07, 6.45) is 4.14. The monoisotopic (exact) mass is 341 g/mol. The summed E-state index contributed by atoms with van der Waals surface area (Å²) < 4.78 is 0.921. The number of anilines is 2. The molecule has 0 saturated carbocycles. The number of nitrogens with zero attached hydrogens (tertiary/aromatic N) is 3. The average molecular weight is 342 g/mol. The van der Waals surface area contributed by atoms with Gasteiger partial charge in [0.05, 0.1) is 4.47 Å². The van der Waals surface area contributed by atoms with Gasteiger partial charge in [0, 0.05) is 25.8 Å². The van der Waals surface area contributed by atoms with Crippen LogP contribution in [-0.4, -0.2) is 47.6 Å². The van der Waals surface area contributed by atoms with Crippen molar-refractivity contribution in [1.82, 2.24) is 14.9 Å². The first kappa shape index (κ1) is 15.5. The molecule has 0 radical (unpaired) electrons. The van der Waals surface area contributed by atoms with Crippen molar-refractivity contribution in [3.8, 4) is 0 Å². The molecule has 2 rings (SSSR count).